The lowest BCUT2D eigenvalue weighted by Gasteiger charge is -2.06. The standard InChI is InChI=1S/C15H15N5O/c16-11-12-3-5-13(6-4-12)14(21)17-7-1-8-18-15-19-9-2-10-20-15/h2-6,9-10H,1,7-8H2,(H,17,21)(H,18,19,20). The van der Waals surface area contributed by atoms with Gasteiger partial charge >= 0.3 is 0 Å². The highest BCUT2D eigenvalue weighted by Gasteiger charge is 2.04. The van der Waals surface area contributed by atoms with E-state index in [1.54, 1.807) is 42.7 Å². The summed E-state index contributed by atoms with van der Waals surface area (Å²) in [6, 6.07) is 10.3. The summed E-state index contributed by atoms with van der Waals surface area (Å²) >= 11 is 0. The van der Waals surface area contributed by atoms with Gasteiger partial charge in [-0.05, 0) is 36.8 Å². The van der Waals surface area contributed by atoms with E-state index in [-0.39, 0.29) is 5.91 Å². The molecule has 0 aliphatic heterocycles. The Morgan fingerprint density at radius 2 is 1.86 bits per heavy atom. The first kappa shape index (κ1) is 14.5. The summed E-state index contributed by atoms with van der Waals surface area (Å²) in [5.74, 6) is 0.436. The van der Waals surface area contributed by atoms with E-state index in [9.17, 15) is 4.79 Å². The third-order valence-corrected chi connectivity index (χ3v) is 2.76. The number of hydrogen-bond donors (Lipinski definition) is 2. The van der Waals surface area contributed by atoms with Crippen molar-refractivity contribution in [2.75, 3.05) is 18.4 Å². The molecule has 1 aromatic heterocycles. The van der Waals surface area contributed by atoms with Crippen molar-refractivity contribution in [2.45, 2.75) is 6.42 Å². The number of nitrogens with zero attached hydrogens (tertiary/aromatic N) is 3. The van der Waals surface area contributed by atoms with Gasteiger partial charge in [-0.2, -0.15) is 5.26 Å². The van der Waals surface area contributed by atoms with Crippen molar-refractivity contribution in [3.05, 3.63) is 53.9 Å². The number of rotatable bonds is 6. The average Bonchev–Trinajstić information content (AvgIpc) is 2.55. The number of carbonyl (C=O) groups is 1. The van der Waals surface area contributed by atoms with Crippen LogP contribution in [0.4, 0.5) is 5.95 Å². The fourth-order valence-electron chi connectivity index (χ4n) is 1.68. The quantitative estimate of drug-likeness (QED) is 0.784. The van der Waals surface area contributed by atoms with Crippen LogP contribution in [0.1, 0.15) is 22.3 Å². The van der Waals surface area contributed by atoms with Gasteiger partial charge < -0.3 is 10.6 Å². The maximum Gasteiger partial charge on any atom is 0.251 e. The third-order valence-electron chi connectivity index (χ3n) is 2.76. The topological polar surface area (TPSA) is 90.7 Å². The number of amides is 1. The number of aromatic nitrogens is 2. The largest absolute Gasteiger partial charge is 0.354 e. The van der Waals surface area contributed by atoms with E-state index in [2.05, 4.69) is 20.6 Å². The number of hydrogen-bond acceptors (Lipinski definition) is 5. The van der Waals surface area contributed by atoms with Crippen molar-refractivity contribution in [3.63, 3.8) is 0 Å². The van der Waals surface area contributed by atoms with Crippen molar-refractivity contribution in [3.8, 4) is 6.07 Å². The van der Waals surface area contributed by atoms with Crippen LogP contribution in [0.25, 0.3) is 0 Å². The Hall–Kier alpha value is -2.94. The summed E-state index contributed by atoms with van der Waals surface area (Å²) in [5, 5.41) is 14.6. The van der Waals surface area contributed by atoms with Gasteiger partial charge in [0.25, 0.3) is 5.91 Å². The molecule has 0 aliphatic rings. The second-order valence-corrected chi connectivity index (χ2v) is 4.30. The second-order valence-electron chi connectivity index (χ2n) is 4.30. The minimum atomic E-state index is -0.143. The van der Waals surface area contributed by atoms with Crippen molar-refractivity contribution >= 4 is 11.9 Å². The molecule has 6 heteroatoms. The van der Waals surface area contributed by atoms with E-state index in [0.717, 1.165) is 6.42 Å². The number of nitriles is 1. The normalized spacial score (nSPS) is 9.67. The summed E-state index contributed by atoms with van der Waals surface area (Å²) < 4.78 is 0. The van der Waals surface area contributed by atoms with E-state index in [0.29, 0.717) is 30.2 Å². The van der Waals surface area contributed by atoms with Crippen LogP contribution in [0.3, 0.4) is 0 Å². The molecular formula is C15H15N5O. The predicted molar refractivity (Wildman–Crippen MR) is 78.6 cm³/mol. The molecule has 0 fully saturated rings. The van der Waals surface area contributed by atoms with Gasteiger partial charge in [0, 0.05) is 31.0 Å². The van der Waals surface area contributed by atoms with Crippen LogP contribution in [-0.4, -0.2) is 29.0 Å². The summed E-state index contributed by atoms with van der Waals surface area (Å²) in [4.78, 5) is 19.9. The molecule has 0 aliphatic carbocycles. The van der Waals surface area contributed by atoms with Crippen LogP contribution in [0.15, 0.2) is 42.7 Å². The molecule has 0 unspecified atom stereocenters. The van der Waals surface area contributed by atoms with Gasteiger partial charge in [0.2, 0.25) is 5.95 Å². The predicted octanol–water partition coefficient (Wildman–Crippen LogP) is 1.58. The Balaban J connectivity index is 1.68. The smallest absolute Gasteiger partial charge is 0.251 e. The first-order valence-electron chi connectivity index (χ1n) is 6.59. The zero-order valence-corrected chi connectivity index (χ0v) is 11.4. The zero-order chi connectivity index (χ0) is 14.9. The van der Waals surface area contributed by atoms with Crippen LogP contribution < -0.4 is 10.6 Å². The molecule has 1 heterocycles. The molecule has 0 saturated heterocycles. The zero-order valence-electron chi connectivity index (χ0n) is 11.4. The molecule has 0 saturated carbocycles. The molecule has 0 spiro atoms. The Morgan fingerprint density at radius 1 is 1.14 bits per heavy atom. The molecule has 21 heavy (non-hydrogen) atoms. The van der Waals surface area contributed by atoms with Crippen molar-refractivity contribution in [2.24, 2.45) is 0 Å². The SMILES string of the molecule is N#Cc1ccc(C(=O)NCCCNc2ncccn2)cc1. The van der Waals surface area contributed by atoms with Gasteiger partial charge in [0.15, 0.2) is 0 Å². The van der Waals surface area contributed by atoms with Gasteiger partial charge in [-0.1, -0.05) is 0 Å². The van der Waals surface area contributed by atoms with E-state index < -0.39 is 0 Å². The summed E-state index contributed by atoms with van der Waals surface area (Å²) in [6.07, 6.45) is 4.10. The number of anilines is 1. The molecule has 106 valence electrons. The van der Waals surface area contributed by atoms with Crippen molar-refractivity contribution < 1.29 is 4.79 Å². The number of carbonyl (C=O) groups excluding carboxylic acids is 1. The fraction of sp³-hybridized carbons (Fsp3) is 0.200. The van der Waals surface area contributed by atoms with E-state index >= 15 is 0 Å². The van der Waals surface area contributed by atoms with Gasteiger partial charge in [-0.15, -0.1) is 0 Å². The monoisotopic (exact) mass is 281 g/mol. The van der Waals surface area contributed by atoms with Gasteiger partial charge in [0.1, 0.15) is 0 Å². The Bertz CT molecular complexity index is 619. The average molecular weight is 281 g/mol. The van der Waals surface area contributed by atoms with E-state index in [1.165, 1.54) is 0 Å². The van der Waals surface area contributed by atoms with Crippen molar-refractivity contribution in [1.82, 2.24) is 15.3 Å². The molecule has 2 aromatic rings. The van der Waals surface area contributed by atoms with Crippen LogP contribution in [0, 0.1) is 11.3 Å². The first-order valence-corrected chi connectivity index (χ1v) is 6.59. The summed E-state index contributed by atoms with van der Waals surface area (Å²) in [5.41, 5.74) is 1.09. The maximum absolute atomic E-state index is 11.8. The van der Waals surface area contributed by atoms with Crippen LogP contribution >= 0.6 is 0 Å². The van der Waals surface area contributed by atoms with Crippen molar-refractivity contribution in [1.29, 1.82) is 5.26 Å². The molecule has 2 rings (SSSR count). The van der Waals surface area contributed by atoms with Crippen LogP contribution in [0.2, 0.25) is 0 Å². The van der Waals surface area contributed by atoms with Gasteiger partial charge in [0.05, 0.1) is 11.6 Å². The molecule has 1 amide bonds. The summed E-state index contributed by atoms with van der Waals surface area (Å²) in [7, 11) is 0. The van der Waals surface area contributed by atoms with Gasteiger partial charge in [-0.25, -0.2) is 9.97 Å². The Morgan fingerprint density at radius 3 is 2.52 bits per heavy atom. The minimum Gasteiger partial charge on any atom is -0.354 e. The van der Waals surface area contributed by atoms with Gasteiger partial charge in [-0.3, -0.25) is 4.79 Å². The molecule has 6 nitrogen and oxygen atoms in total. The lowest BCUT2D eigenvalue weighted by molar-refractivity contribution is 0.0953. The lowest BCUT2D eigenvalue weighted by atomic mass is 10.1. The number of benzene rings is 1. The molecule has 0 radical (unpaired) electrons. The highest BCUT2D eigenvalue weighted by Crippen LogP contribution is 2.03. The molecule has 0 bridgehead atoms. The molecular weight excluding hydrogens is 266 g/mol. The van der Waals surface area contributed by atoms with E-state index in [1.807, 2.05) is 6.07 Å². The second kappa shape index (κ2) is 7.60. The third kappa shape index (κ3) is 4.58. The molecule has 2 N–H and O–H groups in total. The fourth-order valence-corrected chi connectivity index (χ4v) is 1.68. The highest BCUT2D eigenvalue weighted by molar-refractivity contribution is 5.94. The lowest BCUT2D eigenvalue weighted by Crippen LogP contribution is -2.25. The highest BCUT2D eigenvalue weighted by atomic mass is 16.1. The molecule has 0 atom stereocenters. The van der Waals surface area contributed by atoms with Crippen LogP contribution in [-0.2, 0) is 0 Å². The molecule has 1 aromatic carbocycles. The first-order chi connectivity index (χ1) is 10.3. The van der Waals surface area contributed by atoms with Crippen LogP contribution in [0.5, 0.6) is 0 Å². The Labute approximate surface area is 122 Å². The van der Waals surface area contributed by atoms with E-state index in [4.69, 9.17) is 5.26 Å². The summed E-state index contributed by atoms with van der Waals surface area (Å²) in [6.45, 7) is 1.23. The number of nitrogens with one attached hydrogen (secondary N) is 2. The maximum atomic E-state index is 11.8. The minimum absolute atomic E-state index is 0.143. The Kier molecular flexibility index (Phi) is 5.24.